The van der Waals surface area contributed by atoms with Gasteiger partial charge in [0.1, 0.15) is 5.75 Å². The predicted molar refractivity (Wildman–Crippen MR) is 106 cm³/mol. The van der Waals surface area contributed by atoms with Crippen LogP contribution >= 0.6 is 0 Å². The van der Waals surface area contributed by atoms with Crippen molar-refractivity contribution in [1.29, 1.82) is 0 Å². The molecule has 140 valence electrons. The number of nitrogens with one attached hydrogen (secondary N) is 1. The zero-order valence-electron chi connectivity index (χ0n) is 15.9. The molecule has 1 atom stereocenters. The molecular weight excluding hydrogens is 328 g/mol. The molecule has 2 aromatic carbocycles. The second-order valence-corrected chi connectivity index (χ2v) is 7.54. The third-order valence-electron chi connectivity index (χ3n) is 4.22. The van der Waals surface area contributed by atoms with Gasteiger partial charge in [0.15, 0.2) is 0 Å². The van der Waals surface area contributed by atoms with Crippen molar-refractivity contribution in [2.45, 2.75) is 39.7 Å². The largest absolute Gasteiger partial charge is 0.493 e. The van der Waals surface area contributed by atoms with Crippen LogP contribution in [0.15, 0.2) is 42.5 Å². The van der Waals surface area contributed by atoms with Gasteiger partial charge in [0.05, 0.1) is 6.61 Å². The van der Waals surface area contributed by atoms with Crippen LogP contribution in [-0.2, 0) is 0 Å². The van der Waals surface area contributed by atoms with Crippen LogP contribution in [-0.4, -0.2) is 23.3 Å². The van der Waals surface area contributed by atoms with Gasteiger partial charge in [-0.25, -0.2) is 4.79 Å². The maximum atomic E-state index is 10.8. The molecule has 5 nitrogen and oxygen atoms in total. The molecule has 0 aliphatic rings. The number of carboxylic acid groups (broad SMARTS) is 1. The fraction of sp³-hybridized carbons (Fsp3) is 0.381. The summed E-state index contributed by atoms with van der Waals surface area (Å²) in [5.41, 5.74) is 9.35. The third-order valence-corrected chi connectivity index (χ3v) is 4.22. The highest BCUT2D eigenvalue weighted by Gasteiger charge is 2.23. The molecular formula is C21H28N2O3. The lowest BCUT2D eigenvalue weighted by molar-refractivity contribution is 0.169. The highest BCUT2D eigenvalue weighted by Crippen LogP contribution is 2.28. The summed E-state index contributed by atoms with van der Waals surface area (Å²) >= 11 is 0. The van der Waals surface area contributed by atoms with E-state index in [4.69, 9.17) is 15.6 Å². The Hall–Kier alpha value is -2.69. The molecule has 0 aliphatic carbocycles. The Balaban J connectivity index is 1.99. The Morgan fingerprint density at radius 1 is 1.23 bits per heavy atom. The van der Waals surface area contributed by atoms with Gasteiger partial charge in [0.2, 0.25) is 0 Å². The van der Waals surface area contributed by atoms with Crippen molar-refractivity contribution in [3.8, 4) is 16.9 Å². The lowest BCUT2D eigenvalue weighted by Gasteiger charge is -2.28. The van der Waals surface area contributed by atoms with E-state index in [0.29, 0.717) is 13.0 Å². The van der Waals surface area contributed by atoms with E-state index in [0.717, 1.165) is 28.1 Å². The molecule has 1 amide bonds. The summed E-state index contributed by atoms with van der Waals surface area (Å²) in [7, 11) is 0. The molecule has 5 heteroatoms. The number of carbonyl (C=O) groups is 1. The molecule has 26 heavy (non-hydrogen) atoms. The van der Waals surface area contributed by atoms with Crippen molar-refractivity contribution >= 4 is 11.8 Å². The first-order valence-electron chi connectivity index (χ1n) is 8.77. The number of amides is 1. The van der Waals surface area contributed by atoms with E-state index >= 15 is 0 Å². The highest BCUT2D eigenvalue weighted by atomic mass is 16.5. The van der Waals surface area contributed by atoms with Crippen molar-refractivity contribution in [2.75, 3.05) is 12.3 Å². The number of benzene rings is 2. The van der Waals surface area contributed by atoms with E-state index < -0.39 is 11.6 Å². The Morgan fingerprint density at radius 3 is 2.54 bits per heavy atom. The maximum Gasteiger partial charge on any atom is 0.405 e. The average molecular weight is 356 g/mol. The maximum absolute atomic E-state index is 10.8. The van der Waals surface area contributed by atoms with E-state index in [9.17, 15) is 4.79 Å². The van der Waals surface area contributed by atoms with E-state index in [2.05, 4.69) is 18.3 Å². The van der Waals surface area contributed by atoms with Gasteiger partial charge in [-0.05, 0) is 74.1 Å². The topological polar surface area (TPSA) is 84.6 Å². The van der Waals surface area contributed by atoms with Crippen LogP contribution in [0.5, 0.6) is 5.75 Å². The van der Waals surface area contributed by atoms with E-state index in [1.165, 1.54) is 0 Å². The van der Waals surface area contributed by atoms with Crippen LogP contribution in [0.4, 0.5) is 10.5 Å². The molecule has 0 aliphatic heterocycles. The fourth-order valence-electron chi connectivity index (χ4n) is 3.21. The molecule has 0 heterocycles. The molecule has 0 bridgehead atoms. The van der Waals surface area contributed by atoms with Gasteiger partial charge < -0.3 is 20.9 Å². The summed E-state index contributed by atoms with van der Waals surface area (Å²) in [6.07, 6.45) is -0.309. The van der Waals surface area contributed by atoms with Gasteiger partial charge in [0.25, 0.3) is 0 Å². The van der Waals surface area contributed by atoms with Gasteiger partial charge in [-0.3, -0.25) is 0 Å². The average Bonchev–Trinajstić information content (AvgIpc) is 2.51. The first-order valence-corrected chi connectivity index (χ1v) is 8.77. The van der Waals surface area contributed by atoms with Gasteiger partial charge in [0, 0.05) is 11.2 Å². The number of rotatable bonds is 7. The Kier molecular flexibility index (Phi) is 6.14. The van der Waals surface area contributed by atoms with Gasteiger partial charge >= 0.3 is 6.09 Å². The first-order chi connectivity index (χ1) is 12.2. The standard InChI is InChI=1S/C21H28N2O3/c1-14(12-21(3,4)23-20(24)25)13-26-19-9-8-17(10-15(19)2)16-6-5-7-18(22)11-16/h5-11,14,23H,12-13,22H2,1-4H3,(H,24,25)/t14-/m0/s1. The summed E-state index contributed by atoms with van der Waals surface area (Å²) < 4.78 is 5.96. The molecule has 0 spiro atoms. The summed E-state index contributed by atoms with van der Waals surface area (Å²) in [6.45, 7) is 8.36. The van der Waals surface area contributed by atoms with Gasteiger partial charge in [-0.15, -0.1) is 0 Å². The monoisotopic (exact) mass is 356 g/mol. The van der Waals surface area contributed by atoms with Crippen LogP contribution in [0.1, 0.15) is 32.8 Å². The van der Waals surface area contributed by atoms with Crippen LogP contribution < -0.4 is 15.8 Å². The van der Waals surface area contributed by atoms with Crippen molar-refractivity contribution in [3.05, 3.63) is 48.0 Å². The Morgan fingerprint density at radius 2 is 1.92 bits per heavy atom. The van der Waals surface area contributed by atoms with Crippen molar-refractivity contribution in [1.82, 2.24) is 5.32 Å². The van der Waals surface area contributed by atoms with Crippen LogP contribution in [0.3, 0.4) is 0 Å². The molecule has 0 unspecified atom stereocenters. The highest BCUT2D eigenvalue weighted by molar-refractivity contribution is 5.69. The van der Waals surface area contributed by atoms with Crippen LogP contribution in [0.25, 0.3) is 11.1 Å². The zero-order chi connectivity index (χ0) is 19.3. The first kappa shape index (κ1) is 19.6. The Bertz CT molecular complexity index is 772. The normalized spacial score (nSPS) is 12.5. The smallest absolute Gasteiger partial charge is 0.405 e. The number of hydrogen-bond donors (Lipinski definition) is 3. The predicted octanol–water partition coefficient (Wildman–Crippen LogP) is 4.70. The van der Waals surface area contributed by atoms with Crippen molar-refractivity contribution in [2.24, 2.45) is 5.92 Å². The second-order valence-electron chi connectivity index (χ2n) is 7.54. The molecule has 0 radical (unpaired) electrons. The minimum atomic E-state index is -1.00. The number of anilines is 1. The number of nitrogen functional groups attached to an aromatic ring is 1. The number of nitrogens with two attached hydrogens (primary N) is 1. The fourth-order valence-corrected chi connectivity index (χ4v) is 3.21. The second kappa shape index (κ2) is 8.13. The summed E-state index contributed by atoms with van der Waals surface area (Å²) in [4.78, 5) is 10.8. The van der Waals surface area contributed by atoms with E-state index in [1.54, 1.807) is 0 Å². The van der Waals surface area contributed by atoms with E-state index in [-0.39, 0.29) is 5.92 Å². The lowest BCUT2D eigenvalue weighted by atomic mass is 9.92. The van der Waals surface area contributed by atoms with E-state index in [1.807, 2.05) is 57.2 Å². The van der Waals surface area contributed by atoms with Crippen molar-refractivity contribution < 1.29 is 14.6 Å². The van der Waals surface area contributed by atoms with Gasteiger partial charge in [-0.1, -0.05) is 25.1 Å². The minimum absolute atomic E-state index is 0.213. The van der Waals surface area contributed by atoms with Gasteiger partial charge in [-0.2, -0.15) is 0 Å². The minimum Gasteiger partial charge on any atom is -0.493 e. The van der Waals surface area contributed by atoms with Crippen LogP contribution in [0, 0.1) is 12.8 Å². The molecule has 4 N–H and O–H groups in total. The molecule has 0 fully saturated rings. The zero-order valence-corrected chi connectivity index (χ0v) is 15.9. The molecule has 2 aromatic rings. The molecule has 0 saturated heterocycles. The number of hydrogen-bond acceptors (Lipinski definition) is 3. The Labute approximate surface area is 155 Å². The number of ether oxygens (including phenoxy) is 1. The lowest BCUT2D eigenvalue weighted by Crippen LogP contribution is -2.44. The molecule has 2 rings (SSSR count). The molecule has 0 aromatic heterocycles. The number of aryl methyl sites for hydroxylation is 1. The third kappa shape index (κ3) is 5.69. The SMILES string of the molecule is Cc1cc(-c2cccc(N)c2)ccc1OC[C@@H](C)CC(C)(C)NC(=O)O. The summed E-state index contributed by atoms with van der Waals surface area (Å²) in [6, 6.07) is 13.9. The molecule has 0 saturated carbocycles. The summed E-state index contributed by atoms with van der Waals surface area (Å²) in [5.74, 6) is 1.05. The quantitative estimate of drug-likeness (QED) is 0.628. The van der Waals surface area contributed by atoms with Crippen molar-refractivity contribution in [3.63, 3.8) is 0 Å². The van der Waals surface area contributed by atoms with Crippen LogP contribution in [0.2, 0.25) is 0 Å². The summed E-state index contributed by atoms with van der Waals surface area (Å²) in [5, 5.41) is 11.4.